The Labute approximate surface area is 133 Å². The molecule has 2 atom stereocenters. The number of hydrogen-bond acceptors (Lipinski definition) is 6. The Morgan fingerprint density at radius 3 is 2.52 bits per heavy atom. The summed E-state index contributed by atoms with van der Waals surface area (Å²) in [6, 6.07) is 7.83. The number of esters is 1. The highest BCUT2D eigenvalue weighted by Gasteiger charge is 2.26. The fraction of sp³-hybridized carbons (Fsp3) is 0.429. The third-order valence-electron chi connectivity index (χ3n) is 2.98. The lowest BCUT2D eigenvalue weighted by Gasteiger charge is -2.17. The number of aliphatic hydroxyl groups is 1. The number of carbonyl (C=O) groups is 2. The van der Waals surface area contributed by atoms with Crippen molar-refractivity contribution in [3.05, 3.63) is 35.9 Å². The summed E-state index contributed by atoms with van der Waals surface area (Å²) in [6.07, 6.45) is -2.22. The Kier molecular flexibility index (Phi) is 7.74. The molecule has 0 spiro atoms. The van der Waals surface area contributed by atoms with Gasteiger partial charge in [-0.1, -0.05) is 30.3 Å². The van der Waals surface area contributed by atoms with Gasteiger partial charge in [0.2, 0.25) is 7.37 Å². The third-order valence-corrected chi connectivity index (χ3v) is 4.38. The molecule has 0 bridgehead atoms. The lowest BCUT2D eigenvalue weighted by atomic mass is 10.2. The van der Waals surface area contributed by atoms with Gasteiger partial charge in [0, 0.05) is 6.16 Å². The second-order valence-electron chi connectivity index (χ2n) is 4.78. The maximum atomic E-state index is 11.7. The Hall–Kier alpha value is -1.89. The third kappa shape index (κ3) is 7.27. The summed E-state index contributed by atoms with van der Waals surface area (Å²) >= 11 is 0. The van der Waals surface area contributed by atoms with Crippen LogP contribution in [0.5, 0.6) is 0 Å². The lowest BCUT2D eigenvalue weighted by Crippen LogP contribution is -2.42. The number of amides is 1. The molecule has 0 saturated carbocycles. The molecule has 1 unspecified atom stereocenters. The van der Waals surface area contributed by atoms with Gasteiger partial charge in [0.1, 0.15) is 19.0 Å². The Bertz CT molecular complexity index is 564. The molecule has 1 aromatic rings. The number of benzene rings is 1. The van der Waals surface area contributed by atoms with Gasteiger partial charge >= 0.3 is 12.1 Å². The first-order chi connectivity index (χ1) is 10.9. The van der Waals surface area contributed by atoms with Gasteiger partial charge in [-0.25, -0.2) is 9.59 Å². The van der Waals surface area contributed by atoms with E-state index in [0.29, 0.717) is 0 Å². The predicted molar refractivity (Wildman–Crippen MR) is 82.0 cm³/mol. The number of rotatable bonds is 8. The van der Waals surface area contributed by atoms with Crippen LogP contribution in [0.2, 0.25) is 0 Å². The molecule has 8 nitrogen and oxygen atoms in total. The van der Waals surface area contributed by atoms with Crippen LogP contribution in [0.15, 0.2) is 30.3 Å². The van der Waals surface area contributed by atoms with Gasteiger partial charge in [-0.3, -0.25) is 4.57 Å². The van der Waals surface area contributed by atoms with Crippen LogP contribution in [-0.2, 0) is 25.4 Å². The van der Waals surface area contributed by atoms with E-state index in [1.807, 2.05) is 6.07 Å². The average Bonchev–Trinajstić information content (AvgIpc) is 2.57. The molecule has 3 N–H and O–H groups in total. The summed E-state index contributed by atoms with van der Waals surface area (Å²) < 4.78 is 20.9. The number of nitrogens with one attached hydrogen (secondary N) is 1. The molecule has 0 fully saturated rings. The molecule has 0 saturated heterocycles. The van der Waals surface area contributed by atoms with E-state index < -0.39 is 31.8 Å². The van der Waals surface area contributed by atoms with Crippen molar-refractivity contribution in [2.24, 2.45) is 0 Å². The van der Waals surface area contributed by atoms with Crippen LogP contribution in [0.25, 0.3) is 0 Å². The molecule has 1 rings (SSSR count). The second kappa shape index (κ2) is 9.29. The van der Waals surface area contributed by atoms with E-state index in [1.165, 1.54) is 0 Å². The maximum Gasteiger partial charge on any atom is 0.408 e. The minimum atomic E-state index is -3.73. The molecule has 0 aromatic heterocycles. The van der Waals surface area contributed by atoms with E-state index in [9.17, 15) is 19.0 Å². The van der Waals surface area contributed by atoms with Gasteiger partial charge in [0.05, 0.1) is 7.11 Å². The van der Waals surface area contributed by atoms with Crippen LogP contribution in [-0.4, -0.2) is 47.7 Å². The molecule has 1 amide bonds. The zero-order valence-corrected chi connectivity index (χ0v) is 13.6. The lowest BCUT2D eigenvalue weighted by molar-refractivity contribution is -0.143. The molecular weight excluding hydrogens is 325 g/mol. The fourth-order valence-electron chi connectivity index (χ4n) is 1.70. The zero-order valence-electron chi connectivity index (χ0n) is 12.7. The summed E-state index contributed by atoms with van der Waals surface area (Å²) in [4.78, 5) is 32.6. The monoisotopic (exact) mass is 345 g/mol. The number of carbonyl (C=O) groups excluding carboxylic acids is 2. The Morgan fingerprint density at radius 2 is 1.96 bits per heavy atom. The van der Waals surface area contributed by atoms with Crippen LogP contribution in [0, 0.1) is 0 Å². The van der Waals surface area contributed by atoms with Gasteiger partial charge in [-0.15, -0.1) is 0 Å². The SMILES string of the molecule is COC(=O)[C@H](CCP(=O)(O)CO)NC(=O)OCc1ccccc1. The van der Waals surface area contributed by atoms with Crippen molar-refractivity contribution >= 4 is 19.4 Å². The van der Waals surface area contributed by atoms with Gasteiger partial charge in [0.15, 0.2) is 0 Å². The highest BCUT2D eigenvalue weighted by atomic mass is 31.2. The Balaban J connectivity index is 2.53. The highest BCUT2D eigenvalue weighted by molar-refractivity contribution is 7.57. The minimum absolute atomic E-state index is 0.0235. The summed E-state index contributed by atoms with van der Waals surface area (Å²) in [6.45, 7) is 0.0235. The molecule has 0 aliphatic carbocycles. The van der Waals surface area contributed by atoms with Gasteiger partial charge in [0.25, 0.3) is 0 Å². The van der Waals surface area contributed by atoms with E-state index in [4.69, 9.17) is 9.84 Å². The van der Waals surface area contributed by atoms with E-state index in [0.717, 1.165) is 12.7 Å². The minimum Gasteiger partial charge on any atom is -0.467 e. The van der Waals surface area contributed by atoms with Crippen molar-refractivity contribution in [2.75, 3.05) is 19.6 Å². The highest BCUT2D eigenvalue weighted by Crippen LogP contribution is 2.39. The summed E-state index contributed by atoms with van der Waals surface area (Å²) in [5.41, 5.74) is 0.775. The van der Waals surface area contributed by atoms with Gasteiger partial charge < -0.3 is 24.8 Å². The van der Waals surface area contributed by atoms with Crippen molar-refractivity contribution in [1.82, 2.24) is 5.32 Å². The molecule has 0 aliphatic rings. The largest absolute Gasteiger partial charge is 0.467 e. The second-order valence-corrected chi connectivity index (χ2v) is 7.20. The maximum absolute atomic E-state index is 11.7. The van der Waals surface area contributed by atoms with E-state index in [2.05, 4.69) is 10.1 Å². The summed E-state index contributed by atoms with van der Waals surface area (Å²) in [5, 5.41) is 11.0. The first-order valence-electron chi connectivity index (χ1n) is 6.84. The van der Waals surface area contributed by atoms with Gasteiger partial charge in [-0.2, -0.15) is 0 Å². The smallest absolute Gasteiger partial charge is 0.408 e. The fourth-order valence-corrected chi connectivity index (χ4v) is 2.50. The van der Waals surface area contributed by atoms with Crippen molar-refractivity contribution in [2.45, 2.75) is 19.1 Å². The van der Waals surface area contributed by atoms with Crippen molar-refractivity contribution in [3.8, 4) is 0 Å². The van der Waals surface area contributed by atoms with Crippen LogP contribution in [0.3, 0.4) is 0 Å². The number of aliphatic hydroxyl groups excluding tert-OH is 1. The molecule has 1 aromatic carbocycles. The van der Waals surface area contributed by atoms with E-state index in [1.54, 1.807) is 24.3 Å². The first kappa shape index (κ1) is 19.2. The predicted octanol–water partition coefficient (Wildman–Crippen LogP) is 1.06. The van der Waals surface area contributed by atoms with Crippen LogP contribution in [0.1, 0.15) is 12.0 Å². The van der Waals surface area contributed by atoms with Crippen LogP contribution < -0.4 is 5.32 Å². The molecule has 23 heavy (non-hydrogen) atoms. The van der Waals surface area contributed by atoms with Crippen molar-refractivity contribution < 1.29 is 33.6 Å². The van der Waals surface area contributed by atoms with Crippen LogP contribution in [0.4, 0.5) is 4.79 Å². The summed E-state index contributed by atoms with van der Waals surface area (Å²) in [7, 11) is -2.59. The molecule has 0 radical (unpaired) electrons. The zero-order chi connectivity index (χ0) is 17.3. The molecule has 0 aliphatic heterocycles. The number of hydrogen-bond donors (Lipinski definition) is 3. The standard InChI is InChI=1S/C14H20NO7P/c1-21-13(17)12(7-8-23(19,20)10-16)15-14(18)22-9-11-5-3-2-4-6-11/h2-6,12,16H,7-10H2,1H3,(H,15,18)(H,19,20)/t12-/m0/s1. The van der Waals surface area contributed by atoms with Crippen molar-refractivity contribution in [3.63, 3.8) is 0 Å². The van der Waals surface area contributed by atoms with Crippen molar-refractivity contribution in [1.29, 1.82) is 0 Å². The number of ether oxygens (including phenoxy) is 2. The number of alkyl carbamates (subject to hydrolysis) is 1. The molecular formula is C14H20NO7P. The summed E-state index contributed by atoms with van der Waals surface area (Å²) in [5.74, 6) is -0.764. The van der Waals surface area contributed by atoms with E-state index in [-0.39, 0.29) is 19.2 Å². The molecule has 0 heterocycles. The quantitative estimate of drug-likeness (QED) is 0.476. The Morgan fingerprint density at radius 1 is 1.30 bits per heavy atom. The van der Waals surface area contributed by atoms with Gasteiger partial charge in [-0.05, 0) is 12.0 Å². The molecule has 9 heteroatoms. The first-order valence-corrected chi connectivity index (χ1v) is 8.87. The normalized spacial score (nSPS) is 14.4. The van der Waals surface area contributed by atoms with E-state index >= 15 is 0 Å². The van der Waals surface area contributed by atoms with Crippen LogP contribution >= 0.6 is 7.37 Å². The topological polar surface area (TPSA) is 122 Å². The average molecular weight is 345 g/mol. The number of methoxy groups -OCH3 is 1. The molecule has 128 valence electrons.